The van der Waals surface area contributed by atoms with Crippen LogP contribution in [0, 0.1) is 6.92 Å². The minimum atomic E-state index is -0.204. The molecule has 0 aliphatic rings. The van der Waals surface area contributed by atoms with E-state index in [1.54, 1.807) is 18.2 Å². The normalized spacial score (nSPS) is 10.2. The SMILES string of the molecule is COc1cc(C(=O)Nc2cc(Br)ccc2C)ccc1N. The van der Waals surface area contributed by atoms with Gasteiger partial charge in [0.15, 0.2) is 0 Å². The molecule has 0 aliphatic carbocycles. The summed E-state index contributed by atoms with van der Waals surface area (Å²) in [7, 11) is 1.52. The molecular formula is C15H15BrN2O2. The summed E-state index contributed by atoms with van der Waals surface area (Å²) in [5, 5.41) is 2.87. The highest BCUT2D eigenvalue weighted by Gasteiger charge is 2.10. The average Bonchev–Trinajstić information content (AvgIpc) is 2.43. The lowest BCUT2D eigenvalue weighted by atomic mass is 10.1. The van der Waals surface area contributed by atoms with E-state index in [4.69, 9.17) is 10.5 Å². The highest BCUT2D eigenvalue weighted by atomic mass is 79.9. The van der Waals surface area contributed by atoms with Gasteiger partial charge in [-0.15, -0.1) is 0 Å². The molecule has 2 rings (SSSR count). The second-order valence-electron chi connectivity index (χ2n) is 4.37. The van der Waals surface area contributed by atoms with Crippen LogP contribution in [0.3, 0.4) is 0 Å². The summed E-state index contributed by atoms with van der Waals surface area (Å²) in [4.78, 5) is 12.2. The molecule has 5 heteroatoms. The van der Waals surface area contributed by atoms with Crippen molar-refractivity contribution in [3.8, 4) is 5.75 Å². The predicted octanol–water partition coefficient (Wildman–Crippen LogP) is 3.60. The van der Waals surface area contributed by atoms with Crippen LogP contribution in [0.2, 0.25) is 0 Å². The third kappa shape index (κ3) is 3.11. The van der Waals surface area contributed by atoms with Crippen molar-refractivity contribution in [2.24, 2.45) is 0 Å². The van der Waals surface area contributed by atoms with Crippen LogP contribution in [-0.4, -0.2) is 13.0 Å². The molecule has 0 radical (unpaired) electrons. The molecule has 1 amide bonds. The van der Waals surface area contributed by atoms with E-state index in [9.17, 15) is 4.79 Å². The van der Waals surface area contributed by atoms with E-state index in [2.05, 4.69) is 21.2 Å². The molecule has 0 bridgehead atoms. The standard InChI is InChI=1S/C15H15BrN2O2/c1-9-3-5-11(16)8-13(9)18-15(19)10-4-6-12(17)14(7-10)20-2/h3-8H,17H2,1-2H3,(H,18,19). The Balaban J connectivity index is 2.26. The Morgan fingerprint density at radius 2 is 2.00 bits per heavy atom. The molecule has 0 saturated carbocycles. The van der Waals surface area contributed by atoms with E-state index in [1.807, 2.05) is 25.1 Å². The maximum atomic E-state index is 12.2. The van der Waals surface area contributed by atoms with Gasteiger partial charge >= 0.3 is 0 Å². The van der Waals surface area contributed by atoms with E-state index in [0.717, 1.165) is 15.7 Å². The number of hydrogen-bond donors (Lipinski definition) is 2. The summed E-state index contributed by atoms with van der Waals surface area (Å²) in [6, 6.07) is 10.7. The molecule has 0 heterocycles. The number of nitrogen functional groups attached to an aromatic ring is 1. The van der Waals surface area contributed by atoms with Crippen LogP contribution in [0.4, 0.5) is 11.4 Å². The Morgan fingerprint density at radius 1 is 1.25 bits per heavy atom. The first-order valence-corrected chi connectivity index (χ1v) is 6.81. The number of nitrogens with two attached hydrogens (primary N) is 1. The van der Waals surface area contributed by atoms with Gasteiger partial charge in [0.05, 0.1) is 12.8 Å². The van der Waals surface area contributed by atoms with Crippen molar-refractivity contribution in [1.29, 1.82) is 0 Å². The predicted molar refractivity (Wildman–Crippen MR) is 84.2 cm³/mol. The molecule has 4 nitrogen and oxygen atoms in total. The van der Waals surface area contributed by atoms with E-state index >= 15 is 0 Å². The summed E-state index contributed by atoms with van der Waals surface area (Å²) in [5.74, 6) is 0.285. The van der Waals surface area contributed by atoms with Crippen LogP contribution in [0.5, 0.6) is 5.75 Å². The number of hydrogen-bond acceptors (Lipinski definition) is 3. The van der Waals surface area contributed by atoms with E-state index in [1.165, 1.54) is 7.11 Å². The number of carbonyl (C=O) groups excluding carboxylic acids is 1. The number of methoxy groups -OCH3 is 1. The maximum absolute atomic E-state index is 12.2. The summed E-state index contributed by atoms with van der Waals surface area (Å²) < 4.78 is 6.03. The highest BCUT2D eigenvalue weighted by molar-refractivity contribution is 9.10. The number of amides is 1. The third-order valence-electron chi connectivity index (χ3n) is 2.94. The van der Waals surface area contributed by atoms with Gasteiger partial charge in [-0.05, 0) is 42.8 Å². The molecule has 0 unspecified atom stereocenters. The van der Waals surface area contributed by atoms with Gasteiger partial charge in [-0.3, -0.25) is 4.79 Å². The largest absolute Gasteiger partial charge is 0.495 e. The Morgan fingerprint density at radius 3 is 2.70 bits per heavy atom. The number of benzene rings is 2. The van der Waals surface area contributed by atoms with Gasteiger partial charge in [0.1, 0.15) is 5.75 Å². The second kappa shape index (κ2) is 5.96. The van der Waals surface area contributed by atoms with Gasteiger partial charge < -0.3 is 15.8 Å². The lowest BCUT2D eigenvalue weighted by molar-refractivity contribution is 0.102. The number of halogens is 1. The number of rotatable bonds is 3. The van der Waals surface area contributed by atoms with Crippen LogP contribution in [-0.2, 0) is 0 Å². The first-order chi connectivity index (χ1) is 9.51. The van der Waals surface area contributed by atoms with Gasteiger partial charge in [-0.25, -0.2) is 0 Å². The van der Waals surface area contributed by atoms with E-state index in [0.29, 0.717) is 17.0 Å². The number of aryl methyl sites for hydroxylation is 1. The van der Waals surface area contributed by atoms with Crippen molar-refractivity contribution < 1.29 is 9.53 Å². The van der Waals surface area contributed by atoms with Crippen LogP contribution >= 0.6 is 15.9 Å². The van der Waals surface area contributed by atoms with Crippen molar-refractivity contribution in [3.05, 3.63) is 52.0 Å². The van der Waals surface area contributed by atoms with Crippen LogP contribution in [0.15, 0.2) is 40.9 Å². The Labute approximate surface area is 126 Å². The van der Waals surface area contributed by atoms with Crippen molar-refractivity contribution in [2.75, 3.05) is 18.2 Å². The van der Waals surface area contributed by atoms with Crippen LogP contribution in [0.25, 0.3) is 0 Å². The molecule has 0 fully saturated rings. The van der Waals surface area contributed by atoms with Gasteiger partial charge in [0.2, 0.25) is 0 Å². The zero-order valence-electron chi connectivity index (χ0n) is 11.2. The molecule has 2 aromatic carbocycles. The smallest absolute Gasteiger partial charge is 0.255 e. The lowest BCUT2D eigenvalue weighted by Gasteiger charge is -2.10. The van der Waals surface area contributed by atoms with Gasteiger partial charge in [-0.2, -0.15) is 0 Å². The molecule has 0 aliphatic heterocycles. The van der Waals surface area contributed by atoms with Gasteiger partial charge in [0, 0.05) is 15.7 Å². The number of carbonyl (C=O) groups is 1. The first kappa shape index (κ1) is 14.4. The summed E-state index contributed by atoms with van der Waals surface area (Å²) in [5.41, 5.74) is 8.49. The van der Waals surface area contributed by atoms with Crippen molar-refractivity contribution in [2.45, 2.75) is 6.92 Å². The minimum Gasteiger partial charge on any atom is -0.495 e. The monoisotopic (exact) mass is 334 g/mol. The second-order valence-corrected chi connectivity index (χ2v) is 5.29. The number of anilines is 2. The van der Waals surface area contributed by atoms with Crippen molar-refractivity contribution in [3.63, 3.8) is 0 Å². The van der Waals surface area contributed by atoms with E-state index < -0.39 is 0 Å². The Bertz CT molecular complexity index is 656. The summed E-state index contributed by atoms with van der Waals surface area (Å²) in [6.45, 7) is 1.94. The van der Waals surface area contributed by atoms with Gasteiger partial charge in [0.25, 0.3) is 5.91 Å². The highest BCUT2D eigenvalue weighted by Crippen LogP contribution is 2.24. The minimum absolute atomic E-state index is 0.204. The summed E-state index contributed by atoms with van der Waals surface area (Å²) in [6.07, 6.45) is 0. The van der Waals surface area contributed by atoms with Crippen molar-refractivity contribution >= 4 is 33.2 Å². The van der Waals surface area contributed by atoms with Crippen LogP contribution < -0.4 is 15.8 Å². The zero-order chi connectivity index (χ0) is 14.7. The molecule has 0 saturated heterocycles. The van der Waals surface area contributed by atoms with Gasteiger partial charge in [-0.1, -0.05) is 22.0 Å². The fourth-order valence-corrected chi connectivity index (χ4v) is 2.14. The Hall–Kier alpha value is -2.01. The topological polar surface area (TPSA) is 64.3 Å². The molecule has 0 atom stereocenters. The fraction of sp³-hybridized carbons (Fsp3) is 0.133. The van der Waals surface area contributed by atoms with Crippen LogP contribution in [0.1, 0.15) is 15.9 Å². The average molecular weight is 335 g/mol. The number of ether oxygens (including phenoxy) is 1. The van der Waals surface area contributed by atoms with Crippen molar-refractivity contribution in [1.82, 2.24) is 0 Å². The molecule has 2 aromatic rings. The molecule has 104 valence electrons. The van der Waals surface area contributed by atoms with E-state index in [-0.39, 0.29) is 5.91 Å². The fourth-order valence-electron chi connectivity index (χ4n) is 1.78. The molecule has 3 N–H and O–H groups in total. The lowest BCUT2D eigenvalue weighted by Crippen LogP contribution is -2.13. The quantitative estimate of drug-likeness (QED) is 0.843. The molecule has 20 heavy (non-hydrogen) atoms. The Kier molecular flexibility index (Phi) is 4.29. The summed E-state index contributed by atoms with van der Waals surface area (Å²) >= 11 is 3.39. The zero-order valence-corrected chi connectivity index (χ0v) is 12.8. The molecular weight excluding hydrogens is 320 g/mol. The maximum Gasteiger partial charge on any atom is 0.255 e. The first-order valence-electron chi connectivity index (χ1n) is 6.02. The molecule has 0 spiro atoms. The number of nitrogens with one attached hydrogen (secondary N) is 1. The molecule has 0 aromatic heterocycles. The third-order valence-corrected chi connectivity index (χ3v) is 3.44.